The van der Waals surface area contributed by atoms with Crippen LogP contribution in [0.2, 0.25) is 0 Å². The monoisotopic (exact) mass is 330 g/mol. The summed E-state index contributed by atoms with van der Waals surface area (Å²) in [5, 5.41) is 0. The van der Waals surface area contributed by atoms with Crippen LogP contribution in [0.5, 0.6) is 11.5 Å². The van der Waals surface area contributed by atoms with Crippen molar-refractivity contribution in [1.82, 2.24) is 4.90 Å². The zero-order valence-electron chi connectivity index (χ0n) is 15.3. The average molecular weight is 330 g/mol. The first kappa shape index (κ1) is 18.5. The first-order valence-electron chi connectivity index (χ1n) is 8.87. The van der Waals surface area contributed by atoms with E-state index in [4.69, 9.17) is 9.47 Å². The van der Waals surface area contributed by atoms with Crippen LogP contribution in [0.3, 0.4) is 0 Å². The van der Waals surface area contributed by atoms with Crippen molar-refractivity contribution in [3.05, 3.63) is 24.3 Å². The molecule has 132 valence electrons. The van der Waals surface area contributed by atoms with Crippen molar-refractivity contribution < 1.29 is 9.47 Å². The summed E-state index contributed by atoms with van der Waals surface area (Å²) in [7, 11) is 1.67. The van der Waals surface area contributed by atoms with Crippen LogP contribution in [0.4, 0.5) is 5.69 Å². The van der Waals surface area contributed by atoms with Gasteiger partial charge >= 0.3 is 0 Å². The maximum absolute atomic E-state index is 5.99. The molecule has 0 radical (unpaired) electrons. The lowest BCUT2D eigenvalue weighted by atomic mass is 10.1. The van der Waals surface area contributed by atoms with E-state index in [1.807, 2.05) is 26.0 Å². The summed E-state index contributed by atoms with van der Waals surface area (Å²) >= 11 is 0. The van der Waals surface area contributed by atoms with Gasteiger partial charge in [-0.15, -0.1) is 0 Å². The fourth-order valence-corrected chi connectivity index (χ4v) is 3.06. The normalized spacial score (nSPS) is 15.6. The van der Waals surface area contributed by atoms with Gasteiger partial charge in [-0.05, 0) is 57.8 Å². The lowest BCUT2D eigenvalue weighted by Gasteiger charge is -2.26. The molecule has 2 rings (SSSR count). The van der Waals surface area contributed by atoms with Crippen molar-refractivity contribution in [3.63, 3.8) is 0 Å². The highest BCUT2D eigenvalue weighted by Gasteiger charge is 2.13. The lowest BCUT2D eigenvalue weighted by molar-refractivity contribution is 0.203. The van der Waals surface area contributed by atoms with Crippen molar-refractivity contribution in [3.8, 4) is 11.5 Å². The molecule has 0 N–H and O–H groups in total. The Balaban J connectivity index is 1.99. The summed E-state index contributed by atoms with van der Waals surface area (Å²) in [6.07, 6.45) is 6.84. The third kappa shape index (κ3) is 5.10. The summed E-state index contributed by atoms with van der Waals surface area (Å²) in [4.78, 5) is 6.96. The summed E-state index contributed by atoms with van der Waals surface area (Å²) in [6.45, 7) is 12.2. The van der Waals surface area contributed by atoms with Crippen molar-refractivity contribution in [2.24, 2.45) is 4.99 Å². The largest absolute Gasteiger partial charge is 0.493 e. The minimum Gasteiger partial charge on any atom is -0.493 e. The molecule has 4 heteroatoms. The molecule has 4 nitrogen and oxygen atoms in total. The fourth-order valence-electron chi connectivity index (χ4n) is 3.06. The van der Waals surface area contributed by atoms with Crippen LogP contribution in [0, 0.1) is 0 Å². The van der Waals surface area contributed by atoms with Gasteiger partial charge in [-0.3, -0.25) is 4.99 Å². The minimum atomic E-state index is 0.689. The number of rotatable bonds is 8. The topological polar surface area (TPSA) is 34.1 Å². The van der Waals surface area contributed by atoms with E-state index >= 15 is 0 Å². The molecule has 0 unspecified atom stereocenters. The number of benzene rings is 1. The summed E-state index contributed by atoms with van der Waals surface area (Å²) in [5.74, 6) is 1.49. The van der Waals surface area contributed by atoms with Crippen LogP contribution in [0.15, 0.2) is 23.7 Å². The Morgan fingerprint density at radius 3 is 2.62 bits per heavy atom. The molecule has 0 aromatic heterocycles. The van der Waals surface area contributed by atoms with Crippen LogP contribution in [0.1, 0.15) is 45.1 Å². The predicted molar refractivity (Wildman–Crippen MR) is 102 cm³/mol. The van der Waals surface area contributed by atoms with Crippen LogP contribution in [-0.4, -0.2) is 44.5 Å². The zero-order valence-corrected chi connectivity index (χ0v) is 15.3. The quantitative estimate of drug-likeness (QED) is 0.511. The van der Waals surface area contributed by atoms with E-state index in [-0.39, 0.29) is 0 Å². The molecule has 1 saturated heterocycles. The van der Waals surface area contributed by atoms with Crippen molar-refractivity contribution >= 4 is 17.5 Å². The van der Waals surface area contributed by atoms with Gasteiger partial charge in [0.15, 0.2) is 11.5 Å². The molecule has 24 heavy (non-hydrogen) atoms. The second-order valence-corrected chi connectivity index (χ2v) is 6.29. The van der Waals surface area contributed by atoms with E-state index in [0.717, 1.165) is 41.3 Å². The molecule has 0 amide bonds. The van der Waals surface area contributed by atoms with Gasteiger partial charge < -0.3 is 14.4 Å². The molecule has 0 spiro atoms. The molecular weight excluding hydrogens is 300 g/mol. The van der Waals surface area contributed by atoms with Crippen LogP contribution in [0.25, 0.3) is 5.57 Å². The van der Waals surface area contributed by atoms with Gasteiger partial charge in [0.05, 0.1) is 19.4 Å². The highest BCUT2D eigenvalue weighted by Crippen LogP contribution is 2.37. The first-order chi connectivity index (χ1) is 11.7. The van der Waals surface area contributed by atoms with E-state index in [0.29, 0.717) is 6.61 Å². The summed E-state index contributed by atoms with van der Waals surface area (Å²) in [6, 6.07) is 3.91. The van der Waals surface area contributed by atoms with Gasteiger partial charge in [0, 0.05) is 24.4 Å². The van der Waals surface area contributed by atoms with Gasteiger partial charge in [-0.1, -0.05) is 13.0 Å². The van der Waals surface area contributed by atoms with Crippen molar-refractivity contribution in [2.75, 3.05) is 33.4 Å². The number of likely N-dealkylation sites (tertiary alicyclic amines) is 1. The Labute approximate surface area is 146 Å². The third-order valence-corrected chi connectivity index (χ3v) is 4.33. The fraction of sp³-hybridized carbons (Fsp3) is 0.550. The number of nitrogens with zero attached hydrogens (tertiary/aromatic N) is 2. The molecule has 0 bridgehead atoms. The first-order valence-corrected chi connectivity index (χ1v) is 8.87. The molecule has 1 aromatic rings. The number of aliphatic imine (C=N–C) groups is 1. The number of allylic oxidation sites excluding steroid dienone is 1. The van der Waals surface area contributed by atoms with Gasteiger partial charge in [0.1, 0.15) is 0 Å². The Hall–Kier alpha value is -1.81. The van der Waals surface area contributed by atoms with Gasteiger partial charge in [0.25, 0.3) is 0 Å². The molecule has 1 fully saturated rings. The molecular formula is C20H30N2O2. The lowest BCUT2D eigenvalue weighted by Crippen LogP contribution is -2.31. The number of methoxy groups -OCH3 is 1. The van der Waals surface area contributed by atoms with Crippen molar-refractivity contribution in [2.45, 2.75) is 39.5 Å². The smallest absolute Gasteiger partial charge is 0.163 e. The molecule has 1 heterocycles. The SMILES string of the molecule is C=C(C)c1cc(OC)c(OCCCN2CCCCC2)cc1/N=C\C. The van der Waals surface area contributed by atoms with E-state index in [2.05, 4.69) is 16.5 Å². The average Bonchev–Trinajstić information content (AvgIpc) is 2.59. The van der Waals surface area contributed by atoms with Gasteiger partial charge in [0.2, 0.25) is 0 Å². The van der Waals surface area contributed by atoms with Gasteiger partial charge in [-0.2, -0.15) is 0 Å². The molecule has 0 saturated carbocycles. The Morgan fingerprint density at radius 2 is 2.00 bits per heavy atom. The Bertz CT molecular complexity index is 575. The summed E-state index contributed by atoms with van der Waals surface area (Å²) < 4.78 is 11.5. The maximum Gasteiger partial charge on any atom is 0.163 e. The van der Waals surface area contributed by atoms with E-state index in [1.165, 1.54) is 32.4 Å². The number of hydrogen-bond donors (Lipinski definition) is 0. The van der Waals surface area contributed by atoms with Crippen LogP contribution >= 0.6 is 0 Å². The molecule has 1 aliphatic heterocycles. The highest BCUT2D eigenvalue weighted by molar-refractivity contribution is 5.78. The minimum absolute atomic E-state index is 0.689. The van der Waals surface area contributed by atoms with E-state index < -0.39 is 0 Å². The third-order valence-electron chi connectivity index (χ3n) is 4.33. The summed E-state index contributed by atoms with van der Waals surface area (Å²) in [5.41, 5.74) is 2.83. The van der Waals surface area contributed by atoms with Crippen LogP contribution in [-0.2, 0) is 0 Å². The Morgan fingerprint density at radius 1 is 1.25 bits per heavy atom. The molecule has 0 aliphatic carbocycles. The highest BCUT2D eigenvalue weighted by atomic mass is 16.5. The predicted octanol–water partition coefficient (Wildman–Crippen LogP) is 4.71. The maximum atomic E-state index is 5.99. The zero-order chi connectivity index (χ0) is 17.4. The standard InChI is InChI=1S/C20H30N2O2/c1-5-21-18-15-20(19(23-4)14-17(18)16(2)3)24-13-9-12-22-10-7-6-8-11-22/h5,14-15H,2,6-13H2,1,3-4H3/b21-5-. The van der Waals surface area contributed by atoms with E-state index in [1.54, 1.807) is 13.3 Å². The molecule has 1 aromatic carbocycles. The van der Waals surface area contributed by atoms with Gasteiger partial charge in [-0.25, -0.2) is 0 Å². The van der Waals surface area contributed by atoms with Crippen molar-refractivity contribution in [1.29, 1.82) is 0 Å². The second kappa shape index (κ2) is 9.48. The number of hydrogen-bond acceptors (Lipinski definition) is 4. The number of ether oxygens (including phenoxy) is 2. The van der Waals surface area contributed by atoms with Crippen LogP contribution < -0.4 is 9.47 Å². The van der Waals surface area contributed by atoms with E-state index in [9.17, 15) is 0 Å². The molecule has 1 aliphatic rings. The Kier molecular flexibility index (Phi) is 7.32. The molecule has 0 atom stereocenters. The second-order valence-electron chi connectivity index (χ2n) is 6.29. The number of piperidine rings is 1.